The summed E-state index contributed by atoms with van der Waals surface area (Å²) in [4.78, 5) is 0. The Kier molecular flexibility index (Phi) is 2.31. The molecule has 4 aliphatic rings. The summed E-state index contributed by atoms with van der Waals surface area (Å²) in [5.74, 6) is 1.95. The molecule has 4 bridgehead atoms. The quantitative estimate of drug-likeness (QED) is 0.757. The summed E-state index contributed by atoms with van der Waals surface area (Å²) in [7, 11) is 0. The molecule has 0 aliphatic heterocycles. The Morgan fingerprint density at radius 1 is 1.33 bits per heavy atom. The minimum atomic E-state index is 0.470. The van der Waals surface area contributed by atoms with Crippen LogP contribution in [0.3, 0.4) is 0 Å². The molecule has 2 unspecified atom stereocenters. The van der Waals surface area contributed by atoms with Crippen molar-refractivity contribution in [3.63, 3.8) is 0 Å². The summed E-state index contributed by atoms with van der Waals surface area (Å²) in [5.41, 5.74) is 1.85. The lowest BCUT2D eigenvalue weighted by atomic mass is 9.49. The monoisotopic (exact) mass is 308 g/mol. The van der Waals surface area contributed by atoms with Gasteiger partial charge in [-0.25, -0.2) is 0 Å². The smallest absolute Gasteiger partial charge is 0.0492 e. The molecule has 0 radical (unpaired) electrons. The zero-order valence-corrected chi connectivity index (χ0v) is 12.6. The Bertz CT molecular complexity index is 465. The minimum absolute atomic E-state index is 0.470. The third kappa shape index (κ3) is 1.70. The molecule has 1 aromatic rings. The van der Waals surface area contributed by atoms with Crippen LogP contribution >= 0.6 is 15.9 Å². The van der Waals surface area contributed by atoms with Crippen molar-refractivity contribution in [2.45, 2.75) is 56.3 Å². The Labute approximate surface area is 117 Å². The van der Waals surface area contributed by atoms with Crippen molar-refractivity contribution in [2.75, 3.05) is 0 Å². The average molecular weight is 309 g/mol. The second-order valence-electron chi connectivity index (χ2n) is 7.24. The number of halogens is 1. The molecule has 0 aromatic carbocycles. The van der Waals surface area contributed by atoms with E-state index in [1.165, 1.54) is 44.2 Å². The van der Waals surface area contributed by atoms with Gasteiger partial charge in [0.2, 0.25) is 0 Å². The number of alkyl halides is 1. The summed E-state index contributed by atoms with van der Waals surface area (Å²) in [6.07, 6.45) is 10.5. The summed E-state index contributed by atoms with van der Waals surface area (Å²) >= 11 is 4.09. The van der Waals surface area contributed by atoms with E-state index in [0.717, 1.165) is 18.4 Å². The summed E-state index contributed by atoms with van der Waals surface area (Å²) in [6.45, 7) is 3.32. The van der Waals surface area contributed by atoms with Crippen LogP contribution in [0.4, 0.5) is 0 Å². The van der Waals surface area contributed by atoms with Gasteiger partial charge in [-0.2, -0.15) is 5.10 Å². The van der Waals surface area contributed by atoms with Gasteiger partial charge in [-0.05, 0) is 68.8 Å². The van der Waals surface area contributed by atoms with Gasteiger partial charge in [0, 0.05) is 22.8 Å². The van der Waals surface area contributed by atoms with E-state index < -0.39 is 0 Å². The second kappa shape index (κ2) is 3.62. The summed E-state index contributed by atoms with van der Waals surface area (Å²) in [5, 5.41) is 4.52. The Morgan fingerprint density at radius 3 is 2.61 bits per heavy atom. The van der Waals surface area contributed by atoms with Crippen molar-refractivity contribution in [1.82, 2.24) is 9.78 Å². The van der Waals surface area contributed by atoms with E-state index in [-0.39, 0.29) is 0 Å². The molecule has 1 aromatic heterocycles. The first-order valence-corrected chi connectivity index (χ1v) is 8.03. The largest absolute Gasteiger partial charge is 0.269 e. The molecule has 1 heterocycles. The van der Waals surface area contributed by atoms with Crippen LogP contribution in [0.1, 0.15) is 44.2 Å². The maximum absolute atomic E-state index is 4.52. The van der Waals surface area contributed by atoms with Gasteiger partial charge in [0.25, 0.3) is 0 Å². The maximum atomic E-state index is 4.52. The highest BCUT2D eigenvalue weighted by molar-refractivity contribution is 9.10. The predicted molar refractivity (Wildman–Crippen MR) is 75.7 cm³/mol. The SMILES string of the molecule is Cc1ccnn1CC12CC3CC(CC(Br)(C3)C1)C2. The van der Waals surface area contributed by atoms with E-state index in [4.69, 9.17) is 0 Å². The molecule has 0 N–H and O–H groups in total. The number of hydrogen-bond acceptors (Lipinski definition) is 1. The molecule has 5 rings (SSSR count). The standard InChI is InChI=1S/C15H21BrN2/c1-11-2-3-17-18(11)10-14-5-12-4-13(6-14)8-15(16,7-12)9-14/h2-3,12-13H,4-10H2,1H3. The Balaban J connectivity index is 1.66. The van der Waals surface area contributed by atoms with Gasteiger partial charge in [-0.15, -0.1) is 0 Å². The van der Waals surface area contributed by atoms with Crippen molar-refractivity contribution in [2.24, 2.45) is 17.3 Å². The first kappa shape index (κ1) is 11.5. The first-order valence-electron chi connectivity index (χ1n) is 7.23. The van der Waals surface area contributed by atoms with Gasteiger partial charge in [0.05, 0.1) is 0 Å². The molecule has 3 heteroatoms. The molecule has 18 heavy (non-hydrogen) atoms. The molecule has 0 saturated heterocycles. The maximum Gasteiger partial charge on any atom is 0.0492 e. The highest BCUT2D eigenvalue weighted by Gasteiger charge is 2.56. The number of rotatable bonds is 2. The van der Waals surface area contributed by atoms with Gasteiger partial charge in [-0.3, -0.25) is 4.68 Å². The van der Waals surface area contributed by atoms with Gasteiger partial charge in [-0.1, -0.05) is 15.9 Å². The zero-order valence-electron chi connectivity index (χ0n) is 11.0. The topological polar surface area (TPSA) is 17.8 Å². The third-order valence-electron chi connectivity index (χ3n) is 5.52. The number of aromatic nitrogens is 2. The van der Waals surface area contributed by atoms with Gasteiger partial charge < -0.3 is 0 Å². The second-order valence-corrected chi connectivity index (χ2v) is 8.92. The van der Waals surface area contributed by atoms with Crippen LogP contribution in [-0.2, 0) is 6.54 Å². The van der Waals surface area contributed by atoms with E-state index in [9.17, 15) is 0 Å². The van der Waals surface area contributed by atoms with E-state index >= 15 is 0 Å². The first-order chi connectivity index (χ1) is 8.56. The lowest BCUT2D eigenvalue weighted by molar-refractivity contribution is -0.0471. The summed E-state index contributed by atoms with van der Waals surface area (Å²) < 4.78 is 2.71. The van der Waals surface area contributed by atoms with Crippen LogP contribution < -0.4 is 0 Å². The third-order valence-corrected chi connectivity index (χ3v) is 6.45. The Morgan fingerprint density at radius 2 is 2.06 bits per heavy atom. The number of aryl methyl sites for hydroxylation is 1. The van der Waals surface area contributed by atoms with Crippen molar-refractivity contribution in [3.8, 4) is 0 Å². The van der Waals surface area contributed by atoms with Gasteiger partial charge in [0.1, 0.15) is 0 Å². The normalized spacial score (nSPS) is 45.7. The molecule has 0 amide bonds. The number of nitrogens with zero attached hydrogens (tertiary/aromatic N) is 2. The molecule has 2 atom stereocenters. The van der Waals surface area contributed by atoms with E-state index in [0.29, 0.717) is 9.74 Å². The molecular weight excluding hydrogens is 288 g/mol. The molecule has 4 aliphatic carbocycles. The Hall–Kier alpha value is -0.310. The van der Waals surface area contributed by atoms with Crippen molar-refractivity contribution in [3.05, 3.63) is 18.0 Å². The van der Waals surface area contributed by atoms with Crippen LogP contribution in [0.5, 0.6) is 0 Å². The molecular formula is C15H21BrN2. The predicted octanol–water partition coefficient (Wildman–Crippen LogP) is 3.93. The fraction of sp³-hybridized carbons (Fsp3) is 0.800. The van der Waals surface area contributed by atoms with E-state index in [1.54, 1.807) is 0 Å². The van der Waals surface area contributed by atoms with Crippen molar-refractivity contribution < 1.29 is 0 Å². The van der Waals surface area contributed by atoms with Crippen molar-refractivity contribution >= 4 is 15.9 Å². The number of hydrogen-bond donors (Lipinski definition) is 0. The minimum Gasteiger partial charge on any atom is -0.269 e. The van der Waals surface area contributed by atoms with E-state index in [1.807, 2.05) is 6.20 Å². The highest BCUT2D eigenvalue weighted by atomic mass is 79.9. The van der Waals surface area contributed by atoms with Crippen LogP contribution in [0, 0.1) is 24.2 Å². The molecule has 4 fully saturated rings. The zero-order chi connectivity index (χ0) is 12.4. The molecule has 2 nitrogen and oxygen atoms in total. The fourth-order valence-electron chi connectivity index (χ4n) is 5.40. The van der Waals surface area contributed by atoms with Gasteiger partial charge >= 0.3 is 0 Å². The van der Waals surface area contributed by atoms with Crippen molar-refractivity contribution in [1.29, 1.82) is 0 Å². The van der Waals surface area contributed by atoms with Gasteiger partial charge in [0.15, 0.2) is 0 Å². The summed E-state index contributed by atoms with van der Waals surface area (Å²) in [6, 6.07) is 2.13. The highest BCUT2D eigenvalue weighted by Crippen LogP contribution is 2.64. The fourth-order valence-corrected chi connectivity index (χ4v) is 6.91. The molecule has 4 saturated carbocycles. The molecule has 0 spiro atoms. The molecule has 98 valence electrons. The van der Waals surface area contributed by atoms with Crippen LogP contribution in [0.2, 0.25) is 0 Å². The van der Waals surface area contributed by atoms with Crippen LogP contribution in [-0.4, -0.2) is 14.1 Å². The average Bonchev–Trinajstić information content (AvgIpc) is 2.59. The van der Waals surface area contributed by atoms with Crippen LogP contribution in [0.25, 0.3) is 0 Å². The van der Waals surface area contributed by atoms with E-state index in [2.05, 4.69) is 38.7 Å². The van der Waals surface area contributed by atoms with Crippen LogP contribution in [0.15, 0.2) is 12.3 Å². The lowest BCUT2D eigenvalue weighted by Gasteiger charge is -2.60. The lowest BCUT2D eigenvalue weighted by Crippen LogP contribution is -2.54.